The highest BCUT2D eigenvalue weighted by Crippen LogP contribution is 2.55. The van der Waals surface area contributed by atoms with Gasteiger partial charge < -0.3 is 15.2 Å². The topological polar surface area (TPSA) is 29.0 Å². The van der Waals surface area contributed by atoms with Gasteiger partial charge in [-0.1, -0.05) is 111 Å². The van der Waals surface area contributed by atoms with E-state index in [0.717, 1.165) is 28.4 Å². The highest BCUT2D eigenvalue weighted by molar-refractivity contribution is 6.09. The molecule has 1 aliphatic carbocycles. The molecule has 1 heterocycles. The fourth-order valence-electron chi connectivity index (χ4n) is 7.73. The van der Waals surface area contributed by atoms with E-state index in [2.05, 4.69) is 187 Å². The second-order valence-electron chi connectivity index (χ2n) is 13.2. The number of hydrogen-bond donors (Lipinski definition) is 2. The molecule has 0 amide bonds. The van der Waals surface area contributed by atoms with Gasteiger partial charge in [-0.3, -0.25) is 0 Å². The second kappa shape index (κ2) is 11.0. The summed E-state index contributed by atoms with van der Waals surface area (Å²) in [7, 11) is 0. The zero-order valence-electron chi connectivity index (χ0n) is 27.0. The largest absolute Gasteiger partial charge is 0.356 e. The number of nitrogens with one attached hydrogen (secondary N) is 2. The molecule has 8 aromatic rings. The third-order valence-electron chi connectivity index (χ3n) is 9.92. The van der Waals surface area contributed by atoms with E-state index >= 15 is 0 Å². The number of fused-ring (bicyclic) bond motifs is 6. The van der Waals surface area contributed by atoms with Crippen molar-refractivity contribution in [3.8, 4) is 27.9 Å². The molecule has 2 N–H and O–H groups in total. The van der Waals surface area contributed by atoms with E-state index in [1.807, 2.05) is 6.07 Å². The number of para-hydroxylation sites is 4. The Kier molecular flexibility index (Phi) is 6.48. The number of hydrogen-bond acceptors (Lipinski definition) is 2. The van der Waals surface area contributed by atoms with Gasteiger partial charge in [0.2, 0.25) is 0 Å². The van der Waals surface area contributed by atoms with Crippen LogP contribution in [0.2, 0.25) is 0 Å². The average molecular weight is 618 g/mol. The molecule has 0 atom stereocenters. The normalized spacial score (nSPS) is 13.0. The Labute approximate surface area is 281 Å². The molecule has 7 aromatic carbocycles. The van der Waals surface area contributed by atoms with Crippen LogP contribution >= 0.6 is 0 Å². The maximum Gasteiger partial charge on any atom is 0.0541 e. The van der Waals surface area contributed by atoms with E-state index in [4.69, 9.17) is 0 Å². The smallest absolute Gasteiger partial charge is 0.0541 e. The molecular weight excluding hydrogens is 583 g/mol. The Morgan fingerprint density at radius 3 is 1.69 bits per heavy atom. The molecule has 3 heteroatoms. The quantitative estimate of drug-likeness (QED) is 0.194. The standard InChI is InChI=1S/C45H35N3/c1-45(2)39-29-33(46-31-13-5-3-6-14-31)23-26-35(39)38-27-28-40(47-32-15-7-4-8-16-32)43(44(38)45)30-21-24-34(25-22-30)48-41-19-11-9-17-36(41)37-18-10-12-20-42(37)48/h3-29,46-47H,1-2H3. The fourth-order valence-corrected chi connectivity index (χ4v) is 7.73. The van der Waals surface area contributed by atoms with Crippen LogP contribution in [0.15, 0.2) is 164 Å². The predicted molar refractivity (Wildman–Crippen MR) is 203 cm³/mol. The Morgan fingerprint density at radius 2 is 1.04 bits per heavy atom. The highest BCUT2D eigenvalue weighted by atomic mass is 15.0. The predicted octanol–water partition coefficient (Wildman–Crippen LogP) is 12.2. The van der Waals surface area contributed by atoms with Crippen molar-refractivity contribution in [2.24, 2.45) is 0 Å². The molecule has 0 bridgehead atoms. The van der Waals surface area contributed by atoms with Gasteiger partial charge in [0.25, 0.3) is 0 Å². The number of nitrogens with zero attached hydrogens (tertiary/aromatic N) is 1. The van der Waals surface area contributed by atoms with Crippen LogP contribution in [-0.2, 0) is 5.41 Å². The SMILES string of the molecule is CC1(C)c2cc(Nc3ccccc3)ccc2-c2ccc(Nc3ccccc3)c(-c3ccc(-n4c5ccccc5c5ccccc54)cc3)c21. The molecular formula is C45H35N3. The minimum Gasteiger partial charge on any atom is -0.356 e. The van der Waals surface area contributed by atoms with Crippen molar-refractivity contribution in [2.75, 3.05) is 10.6 Å². The summed E-state index contributed by atoms with van der Waals surface area (Å²) in [5.41, 5.74) is 15.4. The summed E-state index contributed by atoms with van der Waals surface area (Å²) in [6, 6.07) is 58.8. The third kappa shape index (κ3) is 4.51. The Bertz CT molecular complexity index is 2400. The maximum atomic E-state index is 3.78. The first-order valence-corrected chi connectivity index (χ1v) is 16.6. The van der Waals surface area contributed by atoms with E-state index in [-0.39, 0.29) is 5.41 Å². The maximum absolute atomic E-state index is 3.78. The van der Waals surface area contributed by atoms with Gasteiger partial charge in [-0.15, -0.1) is 0 Å². The summed E-state index contributed by atoms with van der Waals surface area (Å²) in [5.74, 6) is 0. The van der Waals surface area contributed by atoms with Crippen LogP contribution < -0.4 is 10.6 Å². The first kappa shape index (κ1) is 28.2. The second-order valence-corrected chi connectivity index (χ2v) is 13.2. The van der Waals surface area contributed by atoms with Crippen molar-refractivity contribution in [3.05, 3.63) is 175 Å². The average Bonchev–Trinajstić information content (AvgIpc) is 3.58. The van der Waals surface area contributed by atoms with Crippen molar-refractivity contribution in [2.45, 2.75) is 19.3 Å². The molecule has 0 spiro atoms. The summed E-state index contributed by atoms with van der Waals surface area (Å²) < 4.78 is 2.38. The van der Waals surface area contributed by atoms with Gasteiger partial charge in [-0.25, -0.2) is 0 Å². The number of anilines is 4. The van der Waals surface area contributed by atoms with Crippen molar-refractivity contribution < 1.29 is 0 Å². The van der Waals surface area contributed by atoms with Gasteiger partial charge in [0.15, 0.2) is 0 Å². The lowest BCUT2D eigenvalue weighted by Gasteiger charge is -2.27. The molecule has 0 unspecified atom stereocenters. The summed E-state index contributed by atoms with van der Waals surface area (Å²) in [4.78, 5) is 0. The molecule has 0 saturated carbocycles. The first-order chi connectivity index (χ1) is 23.6. The summed E-state index contributed by atoms with van der Waals surface area (Å²) in [6.07, 6.45) is 0. The van der Waals surface area contributed by atoms with E-state index in [9.17, 15) is 0 Å². The molecule has 0 aliphatic heterocycles. The molecule has 48 heavy (non-hydrogen) atoms. The van der Waals surface area contributed by atoms with Gasteiger partial charge in [-0.05, 0) is 94.5 Å². The lowest BCUT2D eigenvalue weighted by atomic mass is 9.78. The van der Waals surface area contributed by atoms with Crippen molar-refractivity contribution >= 4 is 44.6 Å². The van der Waals surface area contributed by atoms with E-state index in [0.29, 0.717) is 0 Å². The van der Waals surface area contributed by atoms with Crippen molar-refractivity contribution in [3.63, 3.8) is 0 Å². The highest BCUT2D eigenvalue weighted by Gasteiger charge is 2.39. The van der Waals surface area contributed by atoms with Crippen LogP contribution in [0.4, 0.5) is 22.7 Å². The molecule has 1 aromatic heterocycles. The number of aromatic nitrogens is 1. The van der Waals surface area contributed by atoms with Gasteiger partial charge in [0.1, 0.15) is 0 Å². The van der Waals surface area contributed by atoms with E-state index in [1.165, 1.54) is 55.2 Å². The summed E-state index contributed by atoms with van der Waals surface area (Å²) >= 11 is 0. The lowest BCUT2D eigenvalue weighted by Crippen LogP contribution is -2.17. The molecule has 9 rings (SSSR count). The van der Waals surface area contributed by atoms with Crippen LogP contribution in [0.25, 0.3) is 49.7 Å². The van der Waals surface area contributed by atoms with Crippen LogP contribution in [-0.4, -0.2) is 4.57 Å². The zero-order valence-corrected chi connectivity index (χ0v) is 27.0. The molecule has 0 fully saturated rings. The Hall–Kier alpha value is -6.06. The van der Waals surface area contributed by atoms with Crippen LogP contribution in [0, 0.1) is 0 Å². The first-order valence-electron chi connectivity index (χ1n) is 16.6. The third-order valence-corrected chi connectivity index (χ3v) is 9.92. The van der Waals surface area contributed by atoms with Gasteiger partial charge in [0, 0.05) is 50.2 Å². The number of rotatable bonds is 6. The Balaban J connectivity index is 1.20. The zero-order chi connectivity index (χ0) is 32.2. The van der Waals surface area contributed by atoms with Crippen molar-refractivity contribution in [1.82, 2.24) is 4.57 Å². The molecule has 0 saturated heterocycles. The van der Waals surface area contributed by atoms with E-state index < -0.39 is 0 Å². The molecule has 1 aliphatic rings. The van der Waals surface area contributed by atoms with Crippen LogP contribution in [0.5, 0.6) is 0 Å². The Morgan fingerprint density at radius 1 is 0.479 bits per heavy atom. The van der Waals surface area contributed by atoms with Crippen LogP contribution in [0.3, 0.4) is 0 Å². The fraction of sp³-hybridized carbons (Fsp3) is 0.0667. The van der Waals surface area contributed by atoms with E-state index in [1.54, 1.807) is 0 Å². The molecule has 230 valence electrons. The molecule has 0 radical (unpaired) electrons. The summed E-state index contributed by atoms with van der Waals surface area (Å²) in [6.45, 7) is 4.73. The minimum absolute atomic E-state index is 0.228. The summed E-state index contributed by atoms with van der Waals surface area (Å²) in [5, 5.41) is 9.94. The van der Waals surface area contributed by atoms with Gasteiger partial charge >= 0.3 is 0 Å². The van der Waals surface area contributed by atoms with Gasteiger partial charge in [-0.2, -0.15) is 0 Å². The minimum atomic E-state index is -0.228. The lowest BCUT2D eigenvalue weighted by molar-refractivity contribution is 0.662. The van der Waals surface area contributed by atoms with Crippen molar-refractivity contribution in [1.29, 1.82) is 0 Å². The number of benzene rings is 7. The molecule has 3 nitrogen and oxygen atoms in total. The van der Waals surface area contributed by atoms with Crippen LogP contribution in [0.1, 0.15) is 25.0 Å². The monoisotopic (exact) mass is 617 g/mol. The van der Waals surface area contributed by atoms with Gasteiger partial charge in [0.05, 0.1) is 11.0 Å².